The normalized spacial score (nSPS) is 12.1. The molecule has 2 rings (SSSR count). The number of hydrogen-bond donors (Lipinski definition) is 3. The van der Waals surface area contributed by atoms with Gasteiger partial charge in [0.1, 0.15) is 6.10 Å². The van der Waals surface area contributed by atoms with Crippen molar-refractivity contribution in [3.63, 3.8) is 0 Å². The summed E-state index contributed by atoms with van der Waals surface area (Å²) < 4.78 is 43.4. The summed E-state index contributed by atoms with van der Waals surface area (Å²) in [5.41, 5.74) is 4.68. The minimum atomic E-state index is -4.46. The Morgan fingerprint density at radius 1 is 1.00 bits per heavy atom. The lowest BCUT2D eigenvalue weighted by molar-refractivity contribution is -0.137. The predicted octanol–water partition coefficient (Wildman–Crippen LogP) is 3.14. The summed E-state index contributed by atoms with van der Waals surface area (Å²) in [4.78, 5) is 23.6. The van der Waals surface area contributed by atoms with Crippen LogP contribution in [0.25, 0.3) is 0 Å². The molecular weight excluding hydrogens is 375 g/mol. The third-order valence-corrected chi connectivity index (χ3v) is 3.72. The van der Waals surface area contributed by atoms with Crippen molar-refractivity contribution in [2.45, 2.75) is 32.4 Å². The maximum absolute atomic E-state index is 12.7. The number of ether oxygens (including phenoxy) is 1. The minimum Gasteiger partial charge on any atom is -0.364 e. The van der Waals surface area contributed by atoms with Gasteiger partial charge in [0.25, 0.3) is 5.91 Å². The summed E-state index contributed by atoms with van der Waals surface area (Å²) in [7, 11) is 0. The summed E-state index contributed by atoms with van der Waals surface area (Å²) in [6.07, 6.45) is -5.27. The maximum Gasteiger partial charge on any atom is 0.416 e. The number of rotatable bonds is 6. The van der Waals surface area contributed by atoms with E-state index in [1.54, 1.807) is 0 Å². The van der Waals surface area contributed by atoms with E-state index in [0.717, 1.165) is 17.7 Å². The Kier molecular flexibility index (Phi) is 7.39. The number of carbonyl (C=O) groups is 2. The van der Waals surface area contributed by atoms with E-state index in [9.17, 15) is 22.8 Å². The molecular formula is C19H20F3N3O3. The van der Waals surface area contributed by atoms with Crippen molar-refractivity contribution in [2.75, 3.05) is 0 Å². The van der Waals surface area contributed by atoms with Crippen molar-refractivity contribution >= 4 is 11.9 Å². The van der Waals surface area contributed by atoms with Gasteiger partial charge < -0.3 is 10.1 Å². The highest BCUT2D eigenvalue weighted by Gasteiger charge is 2.30. The topological polar surface area (TPSA) is 79.5 Å². The van der Waals surface area contributed by atoms with E-state index in [1.807, 2.05) is 30.3 Å². The van der Waals surface area contributed by atoms with E-state index >= 15 is 0 Å². The number of urea groups is 1. The number of alkyl halides is 3. The number of hydrogen-bond acceptors (Lipinski definition) is 3. The third-order valence-electron chi connectivity index (χ3n) is 3.72. The number of carbonyl (C=O) groups excluding carboxylic acids is 2. The zero-order valence-electron chi connectivity index (χ0n) is 15.0. The Morgan fingerprint density at radius 3 is 2.36 bits per heavy atom. The zero-order valence-corrected chi connectivity index (χ0v) is 15.0. The summed E-state index contributed by atoms with van der Waals surface area (Å²) in [6, 6.07) is 13.1. The van der Waals surface area contributed by atoms with Gasteiger partial charge in [0.15, 0.2) is 0 Å². The van der Waals surface area contributed by atoms with Crippen molar-refractivity contribution in [1.29, 1.82) is 0 Å². The number of benzene rings is 2. The molecule has 1 unspecified atom stereocenters. The molecule has 28 heavy (non-hydrogen) atoms. The molecule has 0 aliphatic heterocycles. The molecule has 0 saturated carbocycles. The molecule has 3 N–H and O–H groups in total. The highest BCUT2D eigenvalue weighted by atomic mass is 19.4. The van der Waals surface area contributed by atoms with Gasteiger partial charge in [-0.2, -0.15) is 13.2 Å². The molecule has 2 aromatic carbocycles. The Hall–Kier alpha value is -3.07. The zero-order chi connectivity index (χ0) is 20.6. The first-order chi connectivity index (χ1) is 13.3. The molecule has 0 aliphatic rings. The van der Waals surface area contributed by atoms with Crippen LogP contribution in [-0.4, -0.2) is 18.0 Å². The lowest BCUT2D eigenvalue weighted by Gasteiger charge is -2.14. The third kappa shape index (κ3) is 6.92. The highest BCUT2D eigenvalue weighted by molar-refractivity contribution is 5.83. The van der Waals surface area contributed by atoms with Crippen molar-refractivity contribution in [3.05, 3.63) is 71.3 Å². The summed E-state index contributed by atoms with van der Waals surface area (Å²) in [5.74, 6) is -0.565. The quantitative estimate of drug-likeness (QED) is 0.658. The molecule has 0 heterocycles. The Morgan fingerprint density at radius 2 is 1.68 bits per heavy atom. The van der Waals surface area contributed by atoms with Gasteiger partial charge in [-0.1, -0.05) is 42.5 Å². The predicted molar refractivity (Wildman–Crippen MR) is 95.7 cm³/mol. The van der Waals surface area contributed by atoms with Crippen LogP contribution in [0.15, 0.2) is 54.6 Å². The van der Waals surface area contributed by atoms with E-state index in [-0.39, 0.29) is 18.7 Å². The minimum absolute atomic E-state index is 0.133. The molecule has 0 aliphatic carbocycles. The molecule has 6 nitrogen and oxygen atoms in total. The Labute approximate surface area is 160 Å². The van der Waals surface area contributed by atoms with Gasteiger partial charge >= 0.3 is 12.2 Å². The second-order valence-corrected chi connectivity index (χ2v) is 5.93. The van der Waals surface area contributed by atoms with Crippen molar-refractivity contribution in [2.24, 2.45) is 0 Å². The summed E-state index contributed by atoms with van der Waals surface area (Å²) in [5, 5.41) is 2.36. The van der Waals surface area contributed by atoms with E-state index in [1.165, 1.54) is 19.1 Å². The van der Waals surface area contributed by atoms with Gasteiger partial charge in [-0.05, 0) is 30.2 Å². The first-order valence-corrected chi connectivity index (χ1v) is 8.41. The van der Waals surface area contributed by atoms with Gasteiger partial charge in [-0.15, -0.1) is 0 Å². The first kappa shape index (κ1) is 21.2. The Bertz CT molecular complexity index is 798. The molecule has 0 fully saturated rings. The lowest BCUT2D eigenvalue weighted by Crippen LogP contribution is -2.49. The molecule has 0 spiro atoms. The fraction of sp³-hybridized carbons (Fsp3) is 0.263. The fourth-order valence-corrected chi connectivity index (χ4v) is 2.18. The van der Waals surface area contributed by atoms with Gasteiger partial charge in [0.05, 0.1) is 12.2 Å². The van der Waals surface area contributed by atoms with Crippen LogP contribution in [0.1, 0.15) is 23.6 Å². The SMILES string of the molecule is CC(OCc1ccccc1)C(=O)NNC(=O)NCc1cccc(C(F)(F)F)c1. The van der Waals surface area contributed by atoms with Crippen LogP contribution < -0.4 is 16.2 Å². The van der Waals surface area contributed by atoms with Crippen LogP contribution in [0.3, 0.4) is 0 Å². The standard InChI is InChI=1S/C19H20F3N3O3/c1-13(28-12-14-6-3-2-4-7-14)17(26)24-25-18(27)23-11-15-8-5-9-16(10-15)19(20,21)22/h2-10,13H,11-12H2,1H3,(H,24,26)(H2,23,25,27). The van der Waals surface area contributed by atoms with Crippen LogP contribution in [0, 0.1) is 0 Å². The number of nitrogens with one attached hydrogen (secondary N) is 3. The molecule has 0 bridgehead atoms. The van der Waals surface area contributed by atoms with Crippen LogP contribution >= 0.6 is 0 Å². The Balaban J connectivity index is 1.72. The smallest absolute Gasteiger partial charge is 0.364 e. The van der Waals surface area contributed by atoms with Gasteiger partial charge in [-0.25, -0.2) is 10.2 Å². The van der Waals surface area contributed by atoms with Gasteiger partial charge in [0, 0.05) is 6.54 Å². The van der Waals surface area contributed by atoms with Crippen LogP contribution in [0.5, 0.6) is 0 Å². The second kappa shape index (κ2) is 9.75. The fourth-order valence-electron chi connectivity index (χ4n) is 2.18. The molecule has 2 aromatic rings. The molecule has 1 atom stereocenters. The second-order valence-electron chi connectivity index (χ2n) is 5.93. The number of halogens is 3. The van der Waals surface area contributed by atoms with Gasteiger partial charge in [0.2, 0.25) is 0 Å². The molecule has 0 radical (unpaired) electrons. The van der Waals surface area contributed by atoms with E-state index in [2.05, 4.69) is 16.2 Å². The average Bonchev–Trinajstić information content (AvgIpc) is 2.69. The molecule has 3 amide bonds. The van der Waals surface area contributed by atoms with E-state index in [4.69, 9.17) is 4.74 Å². The van der Waals surface area contributed by atoms with E-state index in [0.29, 0.717) is 0 Å². The first-order valence-electron chi connectivity index (χ1n) is 8.41. The molecule has 150 valence electrons. The highest BCUT2D eigenvalue weighted by Crippen LogP contribution is 2.29. The van der Waals surface area contributed by atoms with Crippen molar-refractivity contribution in [1.82, 2.24) is 16.2 Å². The summed E-state index contributed by atoms with van der Waals surface area (Å²) in [6.45, 7) is 1.63. The van der Waals surface area contributed by atoms with Crippen molar-refractivity contribution < 1.29 is 27.5 Å². The maximum atomic E-state index is 12.7. The van der Waals surface area contributed by atoms with Crippen LogP contribution in [0.4, 0.5) is 18.0 Å². The van der Waals surface area contributed by atoms with Crippen molar-refractivity contribution in [3.8, 4) is 0 Å². The monoisotopic (exact) mass is 395 g/mol. The number of hydrazine groups is 1. The molecule has 0 saturated heterocycles. The summed E-state index contributed by atoms with van der Waals surface area (Å²) >= 11 is 0. The molecule has 9 heteroatoms. The average molecular weight is 395 g/mol. The van der Waals surface area contributed by atoms with Crippen LogP contribution in [0.2, 0.25) is 0 Å². The largest absolute Gasteiger partial charge is 0.416 e. The van der Waals surface area contributed by atoms with E-state index < -0.39 is 29.8 Å². The van der Waals surface area contributed by atoms with Crippen LogP contribution in [-0.2, 0) is 28.9 Å². The van der Waals surface area contributed by atoms with Gasteiger partial charge in [-0.3, -0.25) is 10.2 Å². The number of amides is 3. The molecule has 0 aromatic heterocycles. The lowest BCUT2D eigenvalue weighted by atomic mass is 10.1.